The molecule has 2 rings (SSSR count). The van der Waals surface area contributed by atoms with Gasteiger partial charge in [0.1, 0.15) is 0 Å². The summed E-state index contributed by atoms with van der Waals surface area (Å²) in [5.74, 6) is 0. The van der Waals surface area contributed by atoms with Crippen LogP contribution in [0.2, 0.25) is 0 Å². The number of rotatable bonds is 1. The average Bonchev–Trinajstić information content (AvgIpc) is 2.32. The summed E-state index contributed by atoms with van der Waals surface area (Å²) < 4.78 is 37.8. The zero-order valence-electron chi connectivity index (χ0n) is 9.75. The van der Waals surface area contributed by atoms with Gasteiger partial charge in [0.2, 0.25) is 0 Å². The Bertz CT molecular complexity index is 573. The summed E-state index contributed by atoms with van der Waals surface area (Å²) in [5, 5.41) is 0. The van der Waals surface area contributed by atoms with Crippen LogP contribution in [0.3, 0.4) is 0 Å². The van der Waals surface area contributed by atoms with Crippen LogP contribution >= 0.6 is 0 Å². The van der Waals surface area contributed by atoms with Gasteiger partial charge in [0.15, 0.2) is 0 Å². The molecule has 0 spiro atoms. The Hall–Kier alpha value is -1.97. The smallest absolute Gasteiger partial charge is 0.399 e. The maximum Gasteiger partial charge on any atom is 0.416 e. The van der Waals surface area contributed by atoms with E-state index in [9.17, 15) is 13.2 Å². The second-order valence-electron chi connectivity index (χ2n) is 4.15. The predicted octanol–water partition coefficient (Wildman–Crippen LogP) is 4.26. The molecule has 0 atom stereocenters. The van der Waals surface area contributed by atoms with Crippen molar-refractivity contribution < 1.29 is 13.2 Å². The molecule has 1 nitrogen and oxygen atoms in total. The van der Waals surface area contributed by atoms with Crippen molar-refractivity contribution in [3.8, 4) is 11.1 Å². The van der Waals surface area contributed by atoms with Crippen molar-refractivity contribution >= 4 is 5.69 Å². The molecule has 18 heavy (non-hydrogen) atoms. The molecule has 2 aromatic rings. The van der Waals surface area contributed by atoms with Crippen molar-refractivity contribution in [3.05, 3.63) is 53.6 Å². The van der Waals surface area contributed by atoms with Crippen LogP contribution in [0.25, 0.3) is 11.1 Å². The topological polar surface area (TPSA) is 26.0 Å². The fraction of sp³-hybridized carbons (Fsp3) is 0.143. The van der Waals surface area contributed by atoms with Crippen molar-refractivity contribution in [1.29, 1.82) is 0 Å². The first-order valence-corrected chi connectivity index (χ1v) is 5.42. The number of nitrogen functional groups attached to an aromatic ring is 1. The lowest BCUT2D eigenvalue weighted by Crippen LogP contribution is -2.04. The van der Waals surface area contributed by atoms with Gasteiger partial charge in [-0.1, -0.05) is 18.2 Å². The van der Waals surface area contributed by atoms with Gasteiger partial charge in [0.05, 0.1) is 5.56 Å². The third-order valence-corrected chi connectivity index (χ3v) is 2.79. The summed E-state index contributed by atoms with van der Waals surface area (Å²) in [6.45, 7) is 1.83. The summed E-state index contributed by atoms with van der Waals surface area (Å²) in [5.41, 5.74) is 7.79. The molecule has 94 valence electrons. The Balaban J connectivity index is 2.48. The van der Waals surface area contributed by atoms with E-state index in [0.29, 0.717) is 11.3 Å². The molecule has 0 bridgehead atoms. The van der Waals surface area contributed by atoms with E-state index in [0.717, 1.165) is 23.3 Å². The third kappa shape index (κ3) is 2.47. The number of nitrogens with two attached hydrogens (primary N) is 1. The largest absolute Gasteiger partial charge is 0.416 e. The molecule has 2 aromatic carbocycles. The molecule has 0 fully saturated rings. The second-order valence-corrected chi connectivity index (χ2v) is 4.15. The summed E-state index contributed by atoms with van der Waals surface area (Å²) in [7, 11) is 0. The van der Waals surface area contributed by atoms with Crippen LogP contribution < -0.4 is 5.73 Å². The molecule has 0 aliphatic heterocycles. The van der Waals surface area contributed by atoms with E-state index in [1.54, 1.807) is 24.3 Å². The maximum absolute atomic E-state index is 12.6. The van der Waals surface area contributed by atoms with Crippen LogP contribution in [-0.4, -0.2) is 0 Å². The minimum atomic E-state index is -4.32. The minimum absolute atomic E-state index is 0.535. The number of hydrogen-bond donors (Lipinski definition) is 1. The Labute approximate surface area is 103 Å². The molecule has 2 N–H and O–H groups in total. The van der Waals surface area contributed by atoms with E-state index in [1.807, 2.05) is 6.92 Å². The van der Waals surface area contributed by atoms with Crippen molar-refractivity contribution in [2.75, 3.05) is 5.73 Å². The van der Waals surface area contributed by atoms with Gasteiger partial charge in [-0.05, 0) is 47.9 Å². The molecule has 0 saturated heterocycles. The molecular weight excluding hydrogens is 239 g/mol. The van der Waals surface area contributed by atoms with E-state index in [-0.39, 0.29) is 0 Å². The zero-order chi connectivity index (χ0) is 13.3. The average molecular weight is 251 g/mol. The summed E-state index contributed by atoms with van der Waals surface area (Å²) in [6.07, 6.45) is -4.32. The van der Waals surface area contributed by atoms with Crippen LogP contribution in [0.4, 0.5) is 18.9 Å². The number of anilines is 1. The maximum atomic E-state index is 12.6. The lowest BCUT2D eigenvalue weighted by molar-refractivity contribution is -0.137. The molecule has 0 saturated carbocycles. The van der Waals surface area contributed by atoms with Crippen LogP contribution in [0.15, 0.2) is 42.5 Å². The van der Waals surface area contributed by atoms with Crippen molar-refractivity contribution in [3.63, 3.8) is 0 Å². The number of hydrogen-bond acceptors (Lipinski definition) is 1. The quantitative estimate of drug-likeness (QED) is 0.753. The lowest BCUT2D eigenvalue weighted by Gasteiger charge is -2.10. The van der Waals surface area contributed by atoms with Gasteiger partial charge >= 0.3 is 6.18 Å². The van der Waals surface area contributed by atoms with Gasteiger partial charge in [-0.2, -0.15) is 13.2 Å². The lowest BCUT2D eigenvalue weighted by atomic mass is 10.0. The highest BCUT2D eigenvalue weighted by Gasteiger charge is 2.30. The third-order valence-electron chi connectivity index (χ3n) is 2.79. The summed E-state index contributed by atoms with van der Waals surface area (Å²) >= 11 is 0. The van der Waals surface area contributed by atoms with Crippen LogP contribution in [0, 0.1) is 6.92 Å². The minimum Gasteiger partial charge on any atom is -0.399 e. The predicted molar refractivity (Wildman–Crippen MR) is 66.0 cm³/mol. The van der Waals surface area contributed by atoms with E-state index in [2.05, 4.69) is 0 Å². The van der Waals surface area contributed by atoms with E-state index >= 15 is 0 Å². The van der Waals surface area contributed by atoms with Crippen molar-refractivity contribution in [1.82, 2.24) is 0 Å². The number of aryl methyl sites for hydroxylation is 1. The Morgan fingerprint density at radius 2 is 1.61 bits per heavy atom. The van der Waals surface area contributed by atoms with Gasteiger partial charge in [-0.15, -0.1) is 0 Å². The molecule has 0 amide bonds. The first kappa shape index (κ1) is 12.5. The van der Waals surface area contributed by atoms with Crippen LogP contribution in [-0.2, 0) is 6.18 Å². The highest BCUT2D eigenvalue weighted by Crippen LogP contribution is 2.32. The zero-order valence-corrected chi connectivity index (χ0v) is 9.75. The van der Waals surface area contributed by atoms with Gasteiger partial charge < -0.3 is 5.73 Å². The molecular formula is C14H12F3N. The second kappa shape index (κ2) is 4.37. The molecule has 0 heterocycles. The van der Waals surface area contributed by atoms with E-state index in [4.69, 9.17) is 5.73 Å². The van der Waals surface area contributed by atoms with Crippen LogP contribution in [0.1, 0.15) is 11.1 Å². The molecule has 0 unspecified atom stereocenters. The molecule has 0 aromatic heterocycles. The monoisotopic (exact) mass is 251 g/mol. The van der Waals surface area contributed by atoms with Gasteiger partial charge in [0, 0.05) is 5.69 Å². The molecule has 0 aliphatic rings. The molecule has 4 heteroatoms. The Morgan fingerprint density at radius 3 is 2.22 bits per heavy atom. The normalized spacial score (nSPS) is 11.6. The number of alkyl halides is 3. The van der Waals surface area contributed by atoms with Crippen molar-refractivity contribution in [2.24, 2.45) is 0 Å². The molecule has 0 aliphatic carbocycles. The Kier molecular flexibility index (Phi) is 3.03. The number of benzene rings is 2. The highest BCUT2D eigenvalue weighted by molar-refractivity contribution is 5.68. The first-order valence-electron chi connectivity index (χ1n) is 5.42. The fourth-order valence-corrected chi connectivity index (χ4v) is 1.73. The van der Waals surface area contributed by atoms with E-state index in [1.165, 1.54) is 6.07 Å². The van der Waals surface area contributed by atoms with Crippen LogP contribution in [0.5, 0.6) is 0 Å². The van der Waals surface area contributed by atoms with Crippen molar-refractivity contribution in [2.45, 2.75) is 13.1 Å². The van der Waals surface area contributed by atoms with Gasteiger partial charge in [-0.3, -0.25) is 0 Å². The first-order chi connectivity index (χ1) is 8.38. The highest BCUT2D eigenvalue weighted by atomic mass is 19.4. The van der Waals surface area contributed by atoms with Gasteiger partial charge in [0.25, 0.3) is 0 Å². The van der Waals surface area contributed by atoms with Gasteiger partial charge in [-0.25, -0.2) is 0 Å². The Morgan fingerprint density at radius 1 is 0.944 bits per heavy atom. The molecule has 0 radical (unpaired) electrons. The summed E-state index contributed by atoms with van der Waals surface area (Å²) in [4.78, 5) is 0. The summed E-state index contributed by atoms with van der Waals surface area (Å²) in [6, 6.07) is 10.5. The standard InChI is InChI=1S/C14H12F3N/c1-9-7-11(5-6-13(9)18)10-3-2-4-12(8-10)14(15,16)17/h2-8H,18H2,1H3. The fourth-order valence-electron chi connectivity index (χ4n) is 1.73. The van der Waals surface area contributed by atoms with E-state index < -0.39 is 11.7 Å². The SMILES string of the molecule is Cc1cc(-c2cccc(C(F)(F)F)c2)ccc1N. The number of halogens is 3.